The summed E-state index contributed by atoms with van der Waals surface area (Å²) < 4.78 is 0. The van der Waals surface area contributed by atoms with E-state index in [-0.39, 0.29) is 11.9 Å². The van der Waals surface area contributed by atoms with Crippen LogP contribution in [0.2, 0.25) is 0 Å². The van der Waals surface area contributed by atoms with Crippen molar-refractivity contribution < 1.29 is 4.79 Å². The van der Waals surface area contributed by atoms with Gasteiger partial charge in [0.25, 0.3) is 5.91 Å². The van der Waals surface area contributed by atoms with Crippen molar-refractivity contribution in [3.8, 4) is 0 Å². The van der Waals surface area contributed by atoms with Crippen molar-refractivity contribution in [2.75, 3.05) is 7.05 Å². The Bertz CT molecular complexity index is 852. The molecule has 0 spiro atoms. The third kappa shape index (κ3) is 2.53. The molecule has 1 aliphatic rings. The van der Waals surface area contributed by atoms with Crippen molar-refractivity contribution >= 4 is 38.9 Å². The minimum atomic E-state index is -0.0306. The maximum absolute atomic E-state index is 12.9. The molecule has 0 N–H and O–H groups in total. The van der Waals surface area contributed by atoms with Gasteiger partial charge in [-0.05, 0) is 38.3 Å². The van der Waals surface area contributed by atoms with Crippen molar-refractivity contribution in [1.82, 2.24) is 19.9 Å². The Morgan fingerprint density at radius 2 is 2.22 bits per heavy atom. The van der Waals surface area contributed by atoms with E-state index in [1.165, 1.54) is 16.2 Å². The molecule has 0 saturated heterocycles. The number of rotatable bonds is 2. The van der Waals surface area contributed by atoms with Crippen LogP contribution in [0.5, 0.6) is 0 Å². The Morgan fingerprint density at radius 3 is 3.04 bits per heavy atom. The van der Waals surface area contributed by atoms with Gasteiger partial charge < -0.3 is 4.90 Å². The molecule has 0 bridgehead atoms. The number of carbonyl (C=O) groups is 1. The molecule has 7 heteroatoms. The molecule has 3 aromatic heterocycles. The number of carbonyl (C=O) groups excluding carboxylic acids is 1. The molecular weight excluding hydrogens is 328 g/mol. The number of hydrogen-bond donors (Lipinski definition) is 0. The third-order valence-corrected chi connectivity index (χ3v) is 6.25. The van der Waals surface area contributed by atoms with Gasteiger partial charge in [-0.2, -0.15) is 0 Å². The van der Waals surface area contributed by atoms with Crippen LogP contribution in [0.25, 0.3) is 10.3 Å². The first-order chi connectivity index (χ1) is 11.1. The molecule has 0 saturated carbocycles. The summed E-state index contributed by atoms with van der Waals surface area (Å²) in [6.45, 7) is 2.03. The third-order valence-electron chi connectivity index (χ3n) is 4.17. The van der Waals surface area contributed by atoms with E-state index in [1.54, 1.807) is 17.5 Å². The molecular formula is C16H16N4OS2. The van der Waals surface area contributed by atoms with E-state index in [1.807, 2.05) is 31.0 Å². The molecule has 1 atom stereocenters. The van der Waals surface area contributed by atoms with E-state index in [0.29, 0.717) is 5.01 Å². The Balaban J connectivity index is 1.66. The van der Waals surface area contributed by atoms with Gasteiger partial charge in [0.2, 0.25) is 0 Å². The highest BCUT2D eigenvalue weighted by atomic mass is 32.1. The molecule has 0 radical (unpaired) electrons. The Labute approximate surface area is 142 Å². The summed E-state index contributed by atoms with van der Waals surface area (Å²) in [5.41, 5.74) is 1.95. The average Bonchev–Trinajstić information content (AvgIpc) is 3.15. The first-order valence-electron chi connectivity index (χ1n) is 7.58. The molecule has 0 aliphatic heterocycles. The topological polar surface area (TPSA) is 59.0 Å². The molecule has 0 fully saturated rings. The van der Waals surface area contributed by atoms with Crippen LogP contribution < -0.4 is 0 Å². The first-order valence-corrected chi connectivity index (χ1v) is 9.21. The van der Waals surface area contributed by atoms with Crippen LogP contribution >= 0.6 is 22.7 Å². The minimum absolute atomic E-state index is 0.0306. The molecule has 0 aromatic carbocycles. The number of hydrogen-bond acceptors (Lipinski definition) is 6. The van der Waals surface area contributed by atoms with Crippen LogP contribution in [-0.4, -0.2) is 32.8 Å². The average molecular weight is 344 g/mol. The minimum Gasteiger partial charge on any atom is -0.332 e. The van der Waals surface area contributed by atoms with Crippen LogP contribution in [0, 0.1) is 6.92 Å². The monoisotopic (exact) mass is 344 g/mol. The number of nitrogens with zero attached hydrogens (tertiary/aromatic N) is 4. The first kappa shape index (κ1) is 14.7. The van der Waals surface area contributed by atoms with Crippen LogP contribution in [0.3, 0.4) is 0 Å². The van der Waals surface area contributed by atoms with E-state index in [0.717, 1.165) is 40.3 Å². The zero-order valence-corrected chi connectivity index (χ0v) is 14.6. The van der Waals surface area contributed by atoms with E-state index in [2.05, 4.69) is 15.0 Å². The highest BCUT2D eigenvalue weighted by Gasteiger charge is 2.31. The second-order valence-electron chi connectivity index (χ2n) is 5.71. The summed E-state index contributed by atoms with van der Waals surface area (Å²) in [4.78, 5) is 30.1. The van der Waals surface area contributed by atoms with Gasteiger partial charge in [-0.15, -0.1) is 11.3 Å². The van der Waals surface area contributed by atoms with Gasteiger partial charge in [0.05, 0.1) is 21.6 Å². The fraction of sp³-hybridized carbons (Fsp3) is 0.375. The van der Waals surface area contributed by atoms with Gasteiger partial charge in [0, 0.05) is 13.2 Å². The Kier molecular flexibility index (Phi) is 3.61. The normalized spacial score (nSPS) is 17.2. The summed E-state index contributed by atoms with van der Waals surface area (Å²) in [5.74, 6) is -0.0306. The number of thiazole rings is 2. The molecule has 1 amide bonds. The van der Waals surface area contributed by atoms with Gasteiger partial charge in [0.15, 0.2) is 5.01 Å². The number of pyridine rings is 1. The lowest BCUT2D eigenvalue weighted by molar-refractivity contribution is 0.0718. The molecule has 1 aliphatic carbocycles. The maximum atomic E-state index is 12.9. The predicted molar refractivity (Wildman–Crippen MR) is 92.0 cm³/mol. The van der Waals surface area contributed by atoms with Crippen molar-refractivity contribution in [2.45, 2.75) is 32.2 Å². The van der Waals surface area contributed by atoms with Crippen molar-refractivity contribution in [3.05, 3.63) is 38.9 Å². The van der Waals surface area contributed by atoms with Crippen LogP contribution in [0.1, 0.15) is 44.3 Å². The van der Waals surface area contributed by atoms with E-state index >= 15 is 0 Å². The summed E-state index contributed by atoms with van der Waals surface area (Å²) >= 11 is 3.07. The predicted octanol–water partition coefficient (Wildman–Crippen LogP) is 3.61. The molecule has 5 nitrogen and oxygen atoms in total. The van der Waals surface area contributed by atoms with Gasteiger partial charge in [-0.3, -0.25) is 4.79 Å². The van der Waals surface area contributed by atoms with Gasteiger partial charge in [-0.1, -0.05) is 11.3 Å². The Hall–Kier alpha value is -1.86. The smallest absolute Gasteiger partial charge is 0.283 e. The number of aryl methyl sites for hydroxylation is 2. The zero-order chi connectivity index (χ0) is 16.0. The molecule has 1 unspecified atom stereocenters. The summed E-state index contributed by atoms with van der Waals surface area (Å²) in [6, 6.07) is 3.84. The molecule has 3 heterocycles. The molecule has 118 valence electrons. The zero-order valence-electron chi connectivity index (χ0n) is 12.9. The summed E-state index contributed by atoms with van der Waals surface area (Å²) in [6.07, 6.45) is 4.80. The van der Waals surface area contributed by atoms with Crippen molar-refractivity contribution in [2.24, 2.45) is 0 Å². The largest absolute Gasteiger partial charge is 0.332 e. The molecule has 4 rings (SSSR count). The molecule has 3 aromatic rings. The van der Waals surface area contributed by atoms with Crippen LogP contribution in [0.15, 0.2) is 18.3 Å². The van der Waals surface area contributed by atoms with Gasteiger partial charge in [-0.25, -0.2) is 15.0 Å². The summed E-state index contributed by atoms with van der Waals surface area (Å²) in [5, 5.41) is 1.58. The van der Waals surface area contributed by atoms with E-state index in [9.17, 15) is 4.79 Å². The number of amides is 1. The fourth-order valence-corrected chi connectivity index (χ4v) is 5.08. The highest BCUT2D eigenvalue weighted by molar-refractivity contribution is 7.19. The fourth-order valence-electron chi connectivity index (χ4n) is 3.04. The van der Waals surface area contributed by atoms with Crippen molar-refractivity contribution in [3.63, 3.8) is 0 Å². The van der Waals surface area contributed by atoms with Gasteiger partial charge >= 0.3 is 0 Å². The quantitative estimate of drug-likeness (QED) is 0.712. The van der Waals surface area contributed by atoms with Crippen LogP contribution in [-0.2, 0) is 6.42 Å². The lowest BCUT2D eigenvalue weighted by Gasteiger charge is -2.30. The lowest BCUT2D eigenvalue weighted by Crippen LogP contribution is -2.32. The van der Waals surface area contributed by atoms with Crippen LogP contribution in [0.4, 0.5) is 0 Å². The highest BCUT2D eigenvalue weighted by Crippen LogP contribution is 2.38. The summed E-state index contributed by atoms with van der Waals surface area (Å²) in [7, 11) is 1.87. The SMILES string of the molecule is Cc1nc2c(s1)C(N(C)C(=O)c1nc3cccnc3s1)CCC2. The van der Waals surface area contributed by atoms with E-state index < -0.39 is 0 Å². The molecule has 23 heavy (non-hydrogen) atoms. The number of fused-ring (bicyclic) bond motifs is 2. The lowest BCUT2D eigenvalue weighted by atomic mass is 9.97. The standard InChI is InChI=1S/C16H16N4OS2/c1-9-18-10-5-3-7-12(13(10)22-9)20(2)16(21)15-19-11-6-4-8-17-14(11)23-15/h4,6,8,12H,3,5,7H2,1-2H3. The van der Waals surface area contributed by atoms with Gasteiger partial charge in [0.1, 0.15) is 10.3 Å². The van der Waals surface area contributed by atoms with E-state index in [4.69, 9.17) is 0 Å². The van der Waals surface area contributed by atoms with Crippen molar-refractivity contribution in [1.29, 1.82) is 0 Å². The Morgan fingerprint density at radius 1 is 1.35 bits per heavy atom. The maximum Gasteiger partial charge on any atom is 0.283 e. The second kappa shape index (κ2) is 5.65. The number of aromatic nitrogens is 3. The second-order valence-corrected chi connectivity index (χ2v) is 7.93.